The molecule has 0 aromatic carbocycles. The van der Waals surface area contributed by atoms with Crippen molar-refractivity contribution in [2.24, 2.45) is 5.92 Å². The molecule has 1 saturated carbocycles. The molecule has 150 valence electrons. The van der Waals surface area contributed by atoms with Gasteiger partial charge in [-0.25, -0.2) is 13.1 Å². The van der Waals surface area contributed by atoms with E-state index in [2.05, 4.69) is 21.5 Å². The zero-order valence-electron chi connectivity index (χ0n) is 15.3. The van der Waals surface area contributed by atoms with Crippen LogP contribution in [-0.4, -0.2) is 49.8 Å². The van der Waals surface area contributed by atoms with Crippen molar-refractivity contribution in [2.45, 2.75) is 50.4 Å². The number of ether oxygens (including phenoxy) is 1. The van der Waals surface area contributed by atoms with Crippen molar-refractivity contribution in [2.75, 3.05) is 20.2 Å². The Morgan fingerprint density at radius 1 is 1.31 bits per heavy atom. The standard InChI is InChI=1S/C17H27N3O3S.2ClH/c1-3-4-13-10-20(11-14-9-15(23-2)7-8-18-14)12-17(13)19-24(21,22)16-5-6-16;;/h7-9,13,16-17,19H,3-6,10-12H2,1-2H3;2*1H/t13-,17-;;/m0../s1. The highest BCUT2D eigenvalue weighted by Gasteiger charge is 2.41. The lowest BCUT2D eigenvalue weighted by Gasteiger charge is -2.19. The zero-order valence-corrected chi connectivity index (χ0v) is 17.7. The zero-order chi connectivity index (χ0) is 17.2. The first-order valence-electron chi connectivity index (χ1n) is 8.74. The van der Waals surface area contributed by atoms with Gasteiger partial charge in [0.1, 0.15) is 5.75 Å². The Bertz CT molecular complexity index is 671. The average molecular weight is 426 g/mol. The summed E-state index contributed by atoms with van der Waals surface area (Å²) in [7, 11) is -1.49. The van der Waals surface area contributed by atoms with E-state index < -0.39 is 10.0 Å². The van der Waals surface area contributed by atoms with E-state index in [4.69, 9.17) is 4.74 Å². The molecule has 0 unspecified atom stereocenters. The van der Waals surface area contributed by atoms with Gasteiger partial charge in [0.05, 0.1) is 18.1 Å². The molecule has 1 aromatic rings. The van der Waals surface area contributed by atoms with Crippen LogP contribution < -0.4 is 9.46 Å². The number of nitrogens with one attached hydrogen (secondary N) is 1. The maximum Gasteiger partial charge on any atom is 0.214 e. The molecule has 1 aliphatic heterocycles. The fourth-order valence-electron chi connectivity index (χ4n) is 3.47. The van der Waals surface area contributed by atoms with E-state index in [1.165, 1.54) is 0 Å². The first-order chi connectivity index (χ1) is 11.5. The van der Waals surface area contributed by atoms with Crippen LogP contribution >= 0.6 is 24.8 Å². The molecule has 0 amide bonds. The molecule has 9 heteroatoms. The van der Waals surface area contributed by atoms with Gasteiger partial charge in [0.2, 0.25) is 10.0 Å². The molecule has 1 aromatic heterocycles. The first kappa shape index (κ1) is 23.4. The van der Waals surface area contributed by atoms with Gasteiger partial charge < -0.3 is 4.74 Å². The van der Waals surface area contributed by atoms with Gasteiger partial charge in [-0.3, -0.25) is 9.88 Å². The Balaban J connectivity index is 0.00000169. The van der Waals surface area contributed by atoms with Gasteiger partial charge in [0.15, 0.2) is 0 Å². The highest BCUT2D eigenvalue weighted by Crippen LogP contribution is 2.30. The number of likely N-dealkylation sites (tertiary alicyclic amines) is 1. The third-order valence-corrected chi connectivity index (χ3v) is 6.84. The number of sulfonamides is 1. The van der Waals surface area contributed by atoms with Gasteiger partial charge in [0, 0.05) is 37.9 Å². The van der Waals surface area contributed by atoms with E-state index in [1.54, 1.807) is 13.3 Å². The molecule has 1 saturated heterocycles. The Hall–Kier alpha value is -0.600. The van der Waals surface area contributed by atoms with Crippen molar-refractivity contribution in [3.8, 4) is 5.75 Å². The number of hydrogen-bond donors (Lipinski definition) is 1. The summed E-state index contributed by atoms with van der Waals surface area (Å²) in [6.45, 7) is 4.53. The van der Waals surface area contributed by atoms with Crippen LogP contribution in [0.2, 0.25) is 0 Å². The molecule has 2 aliphatic rings. The minimum absolute atomic E-state index is 0. The monoisotopic (exact) mass is 425 g/mol. The number of halogens is 2. The van der Waals surface area contributed by atoms with Gasteiger partial charge in [-0.2, -0.15) is 0 Å². The molecule has 2 fully saturated rings. The van der Waals surface area contributed by atoms with E-state index in [0.717, 1.165) is 56.8 Å². The molecular formula is C17H29Cl2N3O3S. The predicted molar refractivity (Wildman–Crippen MR) is 108 cm³/mol. The largest absolute Gasteiger partial charge is 0.497 e. The Morgan fingerprint density at radius 2 is 2.04 bits per heavy atom. The third kappa shape index (κ3) is 5.96. The molecular weight excluding hydrogens is 397 g/mol. The third-order valence-electron chi connectivity index (χ3n) is 4.86. The van der Waals surface area contributed by atoms with Crippen LogP contribution in [0.1, 0.15) is 38.3 Å². The van der Waals surface area contributed by atoms with Crippen molar-refractivity contribution in [1.82, 2.24) is 14.6 Å². The maximum atomic E-state index is 12.3. The van der Waals surface area contributed by atoms with Gasteiger partial charge >= 0.3 is 0 Å². The summed E-state index contributed by atoms with van der Waals surface area (Å²) < 4.78 is 32.8. The number of pyridine rings is 1. The SMILES string of the molecule is CCC[C@H]1CN(Cc2cc(OC)ccn2)C[C@@H]1NS(=O)(=O)C1CC1.Cl.Cl. The molecule has 2 atom stereocenters. The van der Waals surface area contributed by atoms with Crippen LogP contribution in [0.5, 0.6) is 5.75 Å². The second kappa shape index (κ2) is 10.1. The lowest BCUT2D eigenvalue weighted by Crippen LogP contribution is -2.42. The number of aromatic nitrogens is 1. The predicted octanol–water partition coefficient (Wildman–Crippen LogP) is 2.62. The van der Waals surface area contributed by atoms with Crippen LogP contribution in [-0.2, 0) is 16.6 Å². The highest BCUT2D eigenvalue weighted by atomic mass is 35.5. The van der Waals surface area contributed by atoms with Gasteiger partial charge in [-0.15, -0.1) is 24.8 Å². The smallest absolute Gasteiger partial charge is 0.214 e. The van der Waals surface area contributed by atoms with Crippen LogP contribution in [0, 0.1) is 5.92 Å². The summed E-state index contributed by atoms with van der Waals surface area (Å²) >= 11 is 0. The number of hydrogen-bond acceptors (Lipinski definition) is 5. The Morgan fingerprint density at radius 3 is 2.65 bits per heavy atom. The molecule has 0 spiro atoms. The summed E-state index contributed by atoms with van der Waals surface area (Å²) in [5.41, 5.74) is 0.954. The van der Waals surface area contributed by atoms with E-state index in [1.807, 2.05) is 12.1 Å². The molecule has 0 radical (unpaired) electrons. The molecule has 3 rings (SSSR count). The van der Waals surface area contributed by atoms with Crippen LogP contribution in [0.25, 0.3) is 0 Å². The number of methoxy groups -OCH3 is 1. The molecule has 2 heterocycles. The first-order valence-corrected chi connectivity index (χ1v) is 10.3. The van der Waals surface area contributed by atoms with E-state index in [0.29, 0.717) is 5.92 Å². The van der Waals surface area contributed by atoms with Crippen LogP contribution in [0.4, 0.5) is 0 Å². The quantitative estimate of drug-likeness (QED) is 0.692. The Labute approximate surface area is 169 Å². The van der Waals surface area contributed by atoms with Gasteiger partial charge in [-0.05, 0) is 31.2 Å². The second-order valence-electron chi connectivity index (χ2n) is 6.90. The Kier molecular flexibility index (Phi) is 9.09. The van der Waals surface area contributed by atoms with Crippen LogP contribution in [0.15, 0.2) is 18.3 Å². The molecule has 1 aliphatic carbocycles. The fourth-order valence-corrected chi connectivity index (χ4v) is 5.11. The van der Waals surface area contributed by atoms with Crippen molar-refractivity contribution < 1.29 is 13.2 Å². The summed E-state index contributed by atoms with van der Waals surface area (Å²) in [5.74, 6) is 1.17. The fraction of sp³-hybridized carbons (Fsp3) is 0.706. The minimum atomic E-state index is -3.14. The number of nitrogens with zero attached hydrogens (tertiary/aromatic N) is 2. The van der Waals surface area contributed by atoms with E-state index in [-0.39, 0.29) is 36.1 Å². The topological polar surface area (TPSA) is 71.5 Å². The number of rotatable bonds is 8. The normalized spacial score (nSPS) is 23.2. The van der Waals surface area contributed by atoms with Crippen LogP contribution in [0.3, 0.4) is 0 Å². The summed E-state index contributed by atoms with van der Waals surface area (Å²) in [5, 5.41) is -0.158. The summed E-state index contributed by atoms with van der Waals surface area (Å²) in [6.07, 6.45) is 5.47. The van der Waals surface area contributed by atoms with Gasteiger partial charge in [-0.1, -0.05) is 13.3 Å². The van der Waals surface area contributed by atoms with E-state index >= 15 is 0 Å². The lowest BCUT2D eigenvalue weighted by atomic mass is 9.99. The molecule has 6 nitrogen and oxygen atoms in total. The van der Waals surface area contributed by atoms with Crippen molar-refractivity contribution >= 4 is 34.8 Å². The van der Waals surface area contributed by atoms with Crippen molar-refractivity contribution in [3.05, 3.63) is 24.0 Å². The summed E-state index contributed by atoms with van der Waals surface area (Å²) in [4.78, 5) is 6.69. The highest BCUT2D eigenvalue weighted by molar-refractivity contribution is 7.90. The second-order valence-corrected chi connectivity index (χ2v) is 8.89. The van der Waals surface area contributed by atoms with E-state index in [9.17, 15) is 8.42 Å². The molecule has 26 heavy (non-hydrogen) atoms. The molecule has 1 N–H and O–H groups in total. The van der Waals surface area contributed by atoms with Crippen molar-refractivity contribution in [1.29, 1.82) is 0 Å². The summed E-state index contributed by atoms with van der Waals surface area (Å²) in [6, 6.07) is 3.79. The van der Waals surface area contributed by atoms with Gasteiger partial charge in [0.25, 0.3) is 0 Å². The minimum Gasteiger partial charge on any atom is -0.497 e. The lowest BCUT2D eigenvalue weighted by molar-refractivity contribution is 0.307. The van der Waals surface area contributed by atoms with Crippen molar-refractivity contribution in [3.63, 3.8) is 0 Å². The average Bonchev–Trinajstić information content (AvgIpc) is 3.34. The molecule has 0 bridgehead atoms. The maximum absolute atomic E-state index is 12.3.